The fourth-order valence-corrected chi connectivity index (χ4v) is 5.32. The van der Waals surface area contributed by atoms with Crippen molar-refractivity contribution in [2.24, 2.45) is 0 Å². The normalized spacial score (nSPS) is 16.1. The third kappa shape index (κ3) is 5.09. The van der Waals surface area contributed by atoms with Crippen LogP contribution >= 0.6 is 11.3 Å². The summed E-state index contributed by atoms with van der Waals surface area (Å²) in [5.41, 5.74) is 2.60. The van der Waals surface area contributed by atoms with Gasteiger partial charge >= 0.3 is 0 Å². The van der Waals surface area contributed by atoms with Crippen LogP contribution in [-0.2, 0) is 6.42 Å². The summed E-state index contributed by atoms with van der Waals surface area (Å²) in [7, 11) is 0. The first kappa shape index (κ1) is 22.6. The summed E-state index contributed by atoms with van der Waals surface area (Å²) >= 11 is 1.62. The van der Waals surface area contributed by atoms with Gasteiger partial charge in [-0.15, -0.1) is 11.3 Å². The second-order valence-electron chi connectivity index (χ2n) is 8.10. The number of thiophene rings is 1. The number of amides is 1. The van der Waals surface area contributed by atoms with Crippen LogP contribution in [-0.4, -0.2) is 48.4 Å². The molecule has 1 atom stereocenters. The Balaban J connectivity index is 1.72. The summed E-state index contributed by atoms with van der Waals surface area (Å²) in [6.45, 7) is 9.11. The maximum Gasteiger partial charge on any atom is 0.256 e. The molecule has 0 unspecified atom stereocenters. The zero-order valence-electron chi connectivity index (χ0n) is 18.7. The quantitative estimate of drug-likeness (QED) is 0.520. The van der Waals surface area contributed by atoms with Gasteiger partial charge in [0.2, 0.25) is 0 Å². The smallest absolute Gasteiger partial charge is 0.256 e. The molecule has 1 amide bonds. The summed E-state index contributed by atoms with van der Waals surface area (Å²) in [5.74, 6) is -0.356. The Morgan fingerprint density at radius 1 is 1.03 bits per heavy atom. The van der Waals surface area contributed by atoms with Gasteiger partial charge in [-0.05, 0) is 48.9 Å². The van der Waals surface area contributed by atoms with E-state index in [0.717, 1.165) is 55.3 Å². The van der Waals surface area contributed by atoms with Crippen LogP contribution in [0.2, 0.25) is 0 Å². The van der Waals surface area contributed by atoms with Gasteiger partial charge in [0.25, 0.3) is 5.91 Å². The minimum atomic E-state index is -0.236. The van der Waals surface area contributed by atoms with E-state index in [-0.39, 0.29) is 17.8 Å². The van der Waals surface area contributed by atoms with Crippen LogP contribution in [0.5, 0.6) is 0 Å². The third-order valence-corrected chi connectivity index (χ3v) is 7.31. The van der Waals surface area contributed by atoms with Crippen molar-refractivity contribution in [3.8, 4) is 0 Å². The predicted molar refractivity (Wildman–Crippen MR) is 130 cm³/mol. The zero-order valence-corrected chi connectivity index (χ0v) is 19.5. The van der Waals surface area contributed by atoms with E-state index in [2.05, 4.69) is 35.0 Å². The highest BCUT2D eigenvalue weighted by atomic mass is 32.1. The van der Waals surface area contributed by atoms with E-state index >= 15 is 0 Å². The van der Waals surface area contributed by atoms with Gasteiger partial charge in [0.15, 0.2) is 0 Å². The summed E-state index contributed by atoms with van der Waals surface area (Å²) in [5, 5.41) is 4.00. The van der Waals surface area contributed by atoms with Crippen LogP contribution < -0.4 is 5.32 Å². The number of aryl methyl sites for hydroxylation is 1. The van der Waals surface area contributed by atoms with Gasteiger partial charge in [0.05, 0.1) is 6.04 Å². The Kier molecular flexibility index (Phi) is 7.35. The van der Waals surface area contributed by atoms with Crippen molar-refractivity contribution in [1.29, 1.82) is 0 Å². The van der Waals surface area contributed by atoms with Crippen LogP contribution in [0, 0.1) is 5.82 Å². The van der Waals surface area contributed by atoms with Crippen molar-refractivity contribution >= 4 is 22.2 Å². The molecule has 4 nitrogen and oxygen atoms in total. The van der Waals surface area contributed by atoms with Crippen LogP contribution in [0.25, 0.3) is 0 Å². The second-order valence-corrected chi connectivity index (χ2v) is 9.24. The highest BCUT2D eigenvalue weighted by Crippen LogP contribution is 2.40. The largest absolute Gasteiger partial charge is 0.313 e. The van der Waals surface area contributed by atoms with E-state index in [1.54, 1.807) is 23.5 Å². The van der Waals surface area contributed by atoms with Gasteiger partial charge in [-0.3, -0.25) is 9.69 Å². The van der Waals surface area contributed by atoms with E-state index in [1.807, 2.05) is 36.4 Å². The number of piperazine rings is 1. The summed E-state index contributed by atoms with van der Waals surface area (Å²) in [6, 6.07) is 18.2. The third-order valence-electron chi connectivity index (χ3n) is 6.10. The lowest BCUT2D eigenvalue weighted by Gasteiger charge is -2.39. The molecule has 0 radical (unpaired) electrons. The highest BCUT2D eigenvalue weighted by molar-refractivity contribution is 7.16. The predicted octanol–water partition coefficient (Wildman–Crippen LogP) is 5.43. The number of carbonyl (C=O) groups is 1. The lowest BCUT2D eigenvalue weighted by Crippen LogP contribution is -2.47. The van der Waals surface area contributed by atoms with Crippen LogP contribution in [0.3, 0.4) is 0 Å². The number of nitrogens with zero attached hydrogens (tertiary/aromatic N) is 2. The van der Waals surface area contributed by atoms with Gasteiger partial charge in [-0.2, -0.15) is 0 Å². The fourth-order valence-electron chi connectivity index (χ4n) is 4.30. The Hall–Kier alpha value is -2.54. The number of rotatable bonds is 7. The minimum absolute atomic E-state index is 0.104. The Bertz CT molecular complexity index is 1040. The van der Waals surface area contributed by atoms with E-state index < -0.39 is 0 Å². The lowest BCUT2D eigenvalue weighted by atomic mass is 9.97. The molecule has 0 bridgehead atoms. The van der Waals surface area contributed by atoms with E-state index in [4.69, 9.17) is 0 Å². The van der Waals surface area contributed by atoms with Gasteiger partial charge < -0.3 is 10.2 Å². The van der Waals surface area contributed by atoms with Crippen molar-refractivity contribution in [1.82, 2.24) is 9.80 Å². The first-order valence-electron chi connectivity index (χ1n) is 11.3. The van der Waals surface area contributed by atoms with Crippen LogP contribution in [0.15, 0.2) is 60.7 Å². The molecule has 1 aliphatic heterocycles. The van der Waals surface area contributed by atoms with E-state index in [1.165, 1.54) is 10.9 Å². The standard InChI is InChI=1S/C26H30FN3OS/c1-3-22-18-23(26(32-22)28-25(31)19-9-6-5-7-10-19)24(20-11-8-12-21(27)17-20)30-15-13-29(4-2)14-16-30/h5-12,17-18,24H,3-4,13-16H2,1-2H3,(H,28,31)/t24-/m1/s1. The first-order chi connectivity index (χ1) is 15.6. The second kappa shape index (κ2) is 10.4. The number of halogens is 1. The van der Waals surface area contributed by atoms with Crippen molar-refractivity contribution in [2.45, 2.75) is 26.3 Å². The first-order valence-corrected chi connectivity index (χ1v) is 12.1. The number of nitrogens with one attached hydrogen (secondary N) is 1. The Morgan fingerprint density at radius 3 is 2.44 bits per heavy atom. The molecule has 1 N–H and O–H groups in total. The average molecular weight is 452 g/mol. The highest BCUT2D eigenvalue weighted by Gasteiger charge is 2.30. The SMILES string of the molecule is CCc1cc([C@@H](c2cccc(F)c2)N2CCN(CC)CC2)c(NC(=O)c2ccccc2)s1. The number of hydrogen-bond acceptors (Lipinski definition) is 4. The molecule has 6 heteroatoms. The summed E-state index contributed by atoms with van der Waals surface area (Å²) in [6.07, 6.45) is 0.887. The number of benzene rings is 2. The van der Waals surface area contributed by atoms with E-state index in [9.17, 15) is 9.18 Å². The van der Waals surface area contributed by atoms with Crippen LogP contribution in [0.1, 0.15) is 46.3 Å². The zero-order chi connectivity index (χ0) is 22.5. The topological polar surface area (TPSA) is 35.6 Å². The molecule has 0 saturated carbocycles. The Morgan fingerprint density at radius 2 is 1.78 bits per heavy atom. The summed E-state index contributed by atoms with van der Waals surface area (Å²) in [4.78, 5) is 19.0. The monoisotopic (exact) mass is 451 g/mol. The molecule has 3 aromatic rings. The molecule has 2 aromatic carbocycles. The van der Waals surface area contributed by atoms with Gasteiger partial charge in [-0.25, -0.2) is 4.39 Å². The number of hydrogen-bond donors (Lipinski definition) is 1. The molecule has 1 saturated heterocycles. The van der Waals surface area contributed by atoms with Crippen molar-refractivity contribution in [2.75, 3.05) is 38.0 Å². The molecular formula is C26H30FN3OS. The van der Waals surface area contributed by atoms with Gasteiger partial charge in [0, 0.05) is 42.2 Å². The average Bonchev–Trinajstić information content (AvgIpc) is 3.22. The molecule has 2 heterocycles. The Labute approximate surface area is 193 Å². The molecule has 1 aromatic heterocycles. The van der Waals surface area contributed by atoms with Gasteiger partial charge in [0.1, 0.15) is 10.8 Å². The molecular weight excluding hydrogens is 421 g/mol. The van der Waals surface area contributed by atoms with Crippen molar-refractivity contribution < 1.29 is 9.18 Å². The lowest BCUT2D eigenvalue weighted by molar-refractivity contribution is 0.102. The number of anilines is 1. The molecule has 4 rings (SSSR count). The fraction of sp³-hybridized carbons (Fsp3) is 0.346. The van der Waals surface area contributed by atoms with E-state index in [0.29, 0.717) is 5.56 Å². The summed E-state index contributed by atoms with van der Waals surface area (Å²) < 4.78 is 14.2. The van der Waals surface area contributed by atoms with Crippen molar-refractivity contribution in [3.63, 3.8) is 0 Å². The van der Waals surface area contributed by atoms with Crippen LogP contribution in [0.4, 0.5) is 9.39 Å². The number of carbonyl (C=O) groups excluding carboxylic acids is 1. The molecule has 1 aliphatic rings. The maximum absolute atomic E-state index is 14.2. The molecule has 0 aliphatic carbocycles. The molecule has 32 heavy (non-hydrogen) atoms. The molecule has 1 fully saturated rings. The van der Waals surface area contributed by atoms with Crippen molar-refractivity contribution in [3.05, 3.63) is 88.0 Å². The maximum atomic E-state index is 14.2. The molecule has 0 spiro atoms. The van der Waals surface area contributed by atoms with Gasteiger partial charge in [-0.1, -0.05) is 44.2 Å². The molecule has 168 valence electrons. The minimum Gasteiger partial charge on any atom is -0.313 e. The number of likely N-dealkylation sites (N-methyl/N-ethyl adjacent to an activating group) is 1.